The predicted molar refractivity (Wildman–Crippen MR) is 45.0 cm³/mol. The van der Waals surface area contributed by atoms with Crippen molar-refractivity contribution >= 4 is 0 Å². The molecule has 0 aromatic carbocycles. The van der Waals surface area contributed by atoms with Crippen molar-refractivity contribution in [2.75, 3.05) is 13.6 Å². The molecule has 1 aliphatic rings. The Bertz CT molecular complexity index is 85.3. The normalized spacial score (nSPS) is 43.8. The molecule has 1 heterocycles. The van der Waals surface area contributed by atoms with Crippen LogP contribution in [0.1, 0.15) is 27.2 Å². The molecule has 0 bridgehead atoms. The lowest BCUT2D eigenvalue weighted by molar-refractivity contribution is 0.112. The lowest BCUT2D eigenvalue weighted by Gasteiger charge is -2.38. The Labute approximate surface area is 64.4 Å². The van der Waals surface area contributed by atoms with Crippen LogP contribution in [0.5, 0.6) is 0 Å². The Morgan fingerprint density at radius 1 is 1.10 bits per heavy atom. The van der Waals surface area contributed by atoms with Crippen LogP contribution in [-0.4, -0.2) is 24.5 Å². The average Bonchev–Trinajstić information content (AvgIpc) is 1.84. The maximum absolute atomic E-state index is 2.46. The van der Waals surface area contributed by atoms with Gasteiger partial charge >= 0.3 is 0 Å². The molecule has 10 heavy (non-hydrogen) atoms. The number of hydrogen-bond acceptors (Lipinski definition) is 1. The van der Waals surface area contributed by atoms with Gasteiger partial charge in [-0.25, -0.2) is 0 Å². The molecule has 1 rings (SSSR count). The highest BCUT2D eigenvalue weighted by Crippen LogP contribution is 2.25. The van der Waals surface area contributed by atoms with Crippen LogP contribution >= 0.6 is 0 Å². The molecule has 0 N–H and O–H groups in total. The molecule has 0 aromatic rings. The second kappa shape index (κ2) is 2.91. The third-order valence-corrected chi connectivity index (χ3v) is 3.01. The fourth-order valence-corrected chi connectivity index (χ4v) is 1.76. The monoisotopic (exact) mass is 141 g/mol. The highest BCUT2D eigenvalue weighted by atomic mass is 15.1. The SMILES string of the molecule is CC1CC(C)N(C)CC1C. The van der Waals surface area contributed by atoms with E-state index in [0.29, 0.717) is 0 Å². The third-order valence-electron chi connectivity index (χ3n) is 3.01. The molecule has 1 nitrogen and oxygen atoms in total. The van der Waals surface area contributed by atoms with Crippen LogP contribution in [0, 0.1) is 11.8 Å². The summed E-state index contributed by atoms with van der Waals surface area (Å²) in [4.78, 5) is 2.46. The van der Waals surface area contributed by atoms with E-state index in [1.165, 1.54) is 13.0 Å². The summed E-state index contributed by atoms with van der Waals surface area (Å²) >= 11 is 0. The van der Waals surface area contributed by atoms with Crippen molar-refractivity contribution in [1.82, 2.24) is 4.90 Å². The van der Waals surface area contributed by atoms with Gasteiger partial charge in [-0.2, -0.15) is 0 Å². The molecule has 1 fully saturated rings. The van der Waals surface area contributed by atoms with Crippen molar-refractivity contribution < 1.29 is 0 Å². The van der Waals surface area contributed by atoms with E-state index >= 15 is 0 Å². The van der Waals surface area contributed by atoms with Gasteiger partial charge in [0.1, 0.15) is 0 Å². The van der Waals surface area contributed by atoms with Gasteiger partial charge < -0.3 is 4.90 Å². The zero-order chi connectivity index (χ0) is 7.72. The van der Waals surface area contributed by atoms with Gasteiger partial charge in [-0.05, 0) is 32.2 Å². The molecule has 1 saturated heterocycles. The van der Waals surface area contributed by atoms with E-state index in [1.807, 2.05) is 0 Å². The zero-order valence-electron chi connectivity index (χ0n) is 7.59. The number of nitrogens with zero attached hydrogens (tertiary/aromatic N) is 1. The molecule has 0 saturated carbocycles. The van der Waals surface area contributed by atoms with Crippen LogP contribution in [0.4, 0.5) is 0 Å². The number of piperidine rings is 1. The highest BCUT2D eigenvalue weighted by molar-refractivity contribution is 4.78. The minimum Gasteiger partial charge on any atom is -0.303 e. The molecule has 0 spiro atoms. The van der Waals surface area contributed by atoms with Crippen molar-refractivity contribution in [3.05, 3.63) is 0 Å². The summed E-state index contributed by atoms with van der Waals surface area (Å²) in [5.74, 6) is 1.81. The standard InChI is InChI=1S/C9H19N/c1-7-5-9(3)10(4)6-8(7)2/h7-9H,5-6H2,1-4H3. The van der Waals surface area contributed by atoms with E-state index in [9.17, 15) is 0 Å². The Morgan fingerprint density at radius 3 is 2.20 bits per heavy atom. The van der Waals surface area contributed by atoms with Gasteiger partial charge in [0.05, 0.1) is 0 Å². The molecule has 0 radical (unpaired) electrons. The van der Waals surface area contributed by atoms with Crippen molar-refractivity contribution in [3.63, 3.8) is 0 Å². The van der Waals surface area contributed by atoms with E-state index in [1.54, 1.807) is 0 Å². The van der Waals surface area contributed by atoms with Gasteiger partial charge in [-0.1, -0.05) is 13.8 Å². The molecule has 1 heteroatoms. The highest BCUT2D eigenvalue weighted by Gasteiger charge is 2.25. The van der Waals surface area contributed by atoms with Crippen LogP contribution in [0.3, 0.4) is 0 Å². The van der Waals surface area contributed by atoms with E-state index in [0.717, 1.165) is 17.9 Å². The van der Waals surface area contributed by atoms with Crippen molar-refractivity contribution in [3.8, 4) is 0 Å². The van der Waals surface area contributed by atoms with Gasteiger partial charge in [0.25, 0.3) is 0 Å². The smallest absolute Gasteiger partial charge is 0.00666 e. The summed E-state index contributed by atoms with van der Waals surface area (Å²) in [7, 11) is 2.23. The minimum atomic E-state index is 0.797. The van der Waals surface area contributed by atoms with Crippen LogP contribution in [0.25, 0.3) is 0 Å². The van der Waals surface area contributed by atoms with Crippen molar-refractivity contribution in [2.24, 2.45) is 11.8 Å². The molecular formula is C9H19N. The molecular weight excluding hydrogens is 122 g/mol. The summed E-state index contributed by atoms with van der Waals surface area (Å²) in [6, 6.07) is 0.797. The first-order valence-corrected chi connectivity index (χ1v) is 4.31. The average molecular weight is 141 g/mol. The van der Waals surface area contributed by atoms with E-state index in [-0.39, 0.29) is 0 Å². The Hall–Kier alpha value is -0.0400. The third kappa shape index (κ3) is 1.51. The summed E-state index contributed by atoms with van der Waals surface area (Å²) in [6.45, 7) is 8.33. The molecule has 0 aromatic heterocycles. The van der Waals surface area contributed by atoms with Crippen molar-refractivity contribution in [1.29, 1.82) is 0 Å². The molecule has 0 amide bonds. The Morgan fingerprint density at radius 2 is 1.70 bits per heavy atom. The summed E-state index contributed by atoms with van der Waals surface area (Å²) < 4.78 is 0. The van der Waals surface area contributed by atoms with Gasteiger partial charge in [0.2, 0.25) is 0 Å². The topological polar surface area (TPSA) is 3.24 Å². The first kappa shape index (κ1) is 8.06. The van der Waals surface area contributed by atoms with E-state index in [2.05, 4.69) is 32.7 Å². The summed E-state index contributed by atoms with van der Waals surface area (Å²) in [5, 5.41) is 0. The first-order chi connectivity index (χ1) is 4.61. The maximum atomic E-state index is 2.46. The van der Waals surface area contributed by atoms with Gasteiger partial charge in [0, 0.05) is 12.6 Å². The van der Waals surface area contributed by atoms with Gasteiger partial charge in [-0.3, -0.25) is 0 Å². The van der Waals surface area contributed by atoms with Crippen LogP contribution in [0.15, 0.2) is 0 Å². The fraction of sp³-hybridized carbons (Fsp3) is 1.00. The largest absolute Gasteiger partial charge is 0.303 e. The lowest BCUT2D eigenvalue weighted by Crippen LogP contribution is -2.41. The second-order valence-corrected chi connectivity index (χ2v) is 3.98. The summed E-state index contributed by atoms with van der Waals surface area (Å²) in [6.07, 6.45) is 1.37. The minimum absolute atomic E-state index is 0.797. The molecule has 3 atom stereocenters. The fourth-order valence-electron chi connectivity index (χ4n) is 1.76. The lowest BCUT2D eigenvalue weighted by atomic mass is 9.85. The van der Waals surface area contributed by atoms with Crippen molar-refractivity contribution in [2.45, 2.75) is 33.2 Å². The summed E-state index contributed by atoms with van der Waals surface area (Å²) in [5.41, 5.74) is 0. The van der Waals surface area contributed by atoms with Gasteiger partial charge in [-0.15, -0.1) is 0 Å². The maximum Gasteiger partial charge on any atom is 0.00666 e. The van der Waals surface area contributed by atoms with Gasteiger partial charge in [0.15, 0.2) is 0 Å². The second-order valence-electron chi connectivity index (χ2n) is 3.98. The number of likely N-dealkylation sites (tertiary alicyclic amines) is 1. The molecule has 0 aliphatic carbocycles. The zero-order valence-corrected chi connectivity index (χ0v) is 7.59. The van der Waals surface area contributed by atoms with E-state index < -0.39 is 0 Å². The van der Waals surface area contributed by atoms with Crippen LogP contribution in [0.2, 0.25) is 0 Å². The van der Waals surface area contributed by atoms with E-state index in [4.69, 9.17) is 0 Å². The van der Waals surface area contributed by atoms with Crippen LogP contribution in [-0.2, 0) is 0 Å². The predicted octanol–water partition coefficient (Wildman–Crippen LogP) is 1.98. The quantitative estimate of drug-likeness (QED) is 0.498. The Kier molecular flexibility index (Phi) is 2.35. The number of hydrogen-bond donors (Lipinski definition) is 0. The van der Waals surface area contributed by atoms with Crippen LogP contribution < -0.4 is 0 Å². The number of rotatable bonds is 0. The molecule has 60 valence electrons. The molecule has 3 unspecified atom stereocenters. The molecule has 1 aliphatic heterocycles. The Balaban J connectivity index is 2.46. The first-order valence-electron chi connectivity index (χ1n) is 4.31.